The molecule has 0 heterocycles. The van der Waals surface area contributed by atoms with Crippen molar-refractivity contribution in [1.29, 1.82) is 5.26 Å². The van der Waals surface area contributed by atoms with Crippen LogP contribution in [-0.2, 0) is 0 Å². The van der Waals surface area contributed by atoms with Gasteiger partial charge in [0.1, 0.15) is 0 Å². The first-order valence-electron chi connectivity index (χ1n) is 4.36. The third-order valence-corrected chi connectivity index (χ3v) is 1.88. The summed E-state index contributed by atoms with van der Waals surface area (Å²) in [5, 5.41) is 8.88. The number of nitrogens with zero attached hydrogens (tertiary/aromatic N) is 2. The van der Waals surface area contributed by atoms with E-state index >= 15 is 0 Å². The number of aryl methyl sites for hydroxylation is 1. The Bertz CT molecular complexity index is 378. The largest absolute Gasteiger partial charge is 0.275 e. The molecule has 0 fully saturated rings. The second-order valence-corrected chi connectivity index (χ2v) is 2.95. The average molecular weight is 184 g/mol. The summed E-state index contributed by atoms with van der Waals surface area (Å²) in [6, 6.07) is 7.82. The van der Waals surface area contributed by atoms with Crippen molar-refractivity contribution in [3.63, 3.8) is 0 Å². The van der Waals surface area contributed by atoms with Gasteiger partial charge in [0, 0.05) is 0 Å². The zero-order valence-electron chi connectivity index (χ0n) is 8.20. The molecule has 70 valence electrons. The molecule has 0 amide bonds. The normalized spacial score (nSPS) is 8.57. The molecule has 0 aliphatic carbocycles. The van der Waals surface area contributed by atoms with Crippen LogP contribution in [0.5, 0.6) is 0 Å². The summed E-state index contributed by atoms with van der Waals surface area (Å²) in [4.78, 5) is 1.58. The Labute approximate surface area is 84.4 Å². The molecule has 1 rings (SSSR count). The third kappa shape index (κ3) is 2.52. The lowest BCUT2D eigenvalue weighted by molar-refractivity contribution is 1.10. The molecule has 0 bridgehead atoms. The quantitative estimate of drug-likeness (QED) is 0.410. The van der Waals surface area contributed by atoms with Crippen LogP contribution in [0, 0.1) is 18.4 Å². The van der Waals surface area contributed by atoms with E-state index in [2.05, 4.69) is 18.5 Å². The van der Waals surface area contributed by atoms with Gasteiger partial charge in [0.2, 0.25) is 0 Å². The minimum absolute atomic E-state index is 0.517. The summed E-state index contributed by atoms with van der Waals surface area (Å²) in [5.74, 6) is 0. The Morgan fingerprint density at radius 2 is 2.07 bits per heavy atom. The third-order valence-electron chi connectivity index (χ3n) is 1.88. The first-order chi connectivity index (χ1) is 6.77. The molecule has 2 heteroatoms. The molecule has 0 saturated carbocycles. The Balaban J connectivity index is 2.85. The van der Waals surface area contributed by atoms with Crippen molar-refractivity contribution in [2.24, 2.45) is 0 Å². The van der Waals surface area contributed by atoms with E-state index in [0.29, 0.717) is 6.54 Å². The van der Waals surface area contributed by atoms with E-state index < -0.39 is 0 Å². The van der Waals surface area contributed by atoms with Crippen LogP contribution in [-0.4, -0.2) is 6.54 Å². The molecule has 0 spiro atoms. The Hall–Kier alpha value is -1.97. The molecule has 2 nitrogen and oxygen atoms in total. The number of nitriles is 1. The van der Waals surface area contributed by atoms with Crippen LogP contribution in [0.2, 0.25) is 0 Å². The predicted octanol–water partition coefficient (Wildman–Crippen LogP) is 2.62. The molecule has 0 atom stereocenters. The number of rotatable bonds is 3. The highest BCUT2D eigenvalue weighted by molar-refractivity contribution is 5.51. The Morgan fingerprint density at radius 3 is 2.57 bits per heavy atom. The van der Waals surface area contributed by atoms with Crippen LogP contribution in [0.4, 0.5) is 5.69 Å². The van der Waals surface area contributed by atoms with Crippen LogP contribution in [0.3, 0.4) is 0 Å². The second-order valence-electron chi connectivity index (χ2n) is 2.95. The fraction of sp³-hybridized carbons (Fsp3) is 0.167. The van der Waals surface area contributed by atoms with Crippen molar-refractivity contribution < 1.29 is 0 Å². The molecule has 0 aliphatic rings. The van der Waals surface area contributed by atoms with Gasteiger partial charge in [0.05, 0.1) is 12.2 Å². The lowest BCUT2D eigenvalue weighted by atomic mass is 10.2. The van der Waals surface area contributed by atoms with E-state index in [0.717, 1.165) is 5.69 Å². The molecule has 1 aromatic carbocycles. The fourth-order valence-corrected chi connectivity index (χ4v) is 1.08. The lowest BCUT2D eigenvalue weighted by Crippen LogP contribution is -2.15. The van der Waals surface area contributed by atoms with Crippen LogP contribution < -0.4 is 4.90 Å². The molecule has 0 aliphatic heterocycles. The number of hydrogen-bond acceptors (Lipinski definition) is 2. The van der Waals surface area contributed by atoms with Crippen LogP contribution in [0.15, 0.2) is 42.7 Å². The van der Waals surface area contributed by atoms with E-state index in [1.807, 2.05) is 31.2 Å². The molecule has 0 aromatic heterocycles. The maximum Gasteiger partial charge on any atom is 0.184 e. The predicted molar refractivity (Wildman–Crippen MR) is 57.8 cm³/mol. The van der Waals surface area contributed by atoms with E-state index in [1.54, 1.807) is 11.0 Å². The molecular weight excluding hydrogens is 172 g/mol. The smallest absolute Gasteiger partial charge is 0.184 e. The topological polar surface area (TPSA) is 27.0 Å². The van der Waals surface area contributed by atoms with Crippen LogP contribution in [0.25, 0.3) is 0 Å². The van der Waals surface area contributed by atoms with Crippen LogP contribution in [0.1, 0.15) is 5.56 Å². The van der Waals surface area contributed by atoms with Gasteiger partial charge in [-0.05, 0) is 25.1 Å². The van der Waals surface area contributed by atoms with Crippen molar-refractivity contribution in [3.05, 3.63) is 48.2 Å². The van der Waals surface area contributed by atoms with Crippen molar-refractivity contribution in [1.82, 2.24) is 0 Å². The van der Waals surface area contributed by atoms with Gasteiger partial charge < -0.3 is 0 Å². The Kier molecular flexibility index (Phi) is 3.55. The number of hydrogen-bond donors (Lipinski definition) is 0. The van der Waals surface area contributed by atoms with Gasteiger partial charge in [-0.15, -0.1) is 5.73 Å². The van der Waals surface area contributed by atoms with E-state index in [4.69, 9.17) is 5.26 Å². The standard InChI is InChI=1S/C12H12N2/c1-3-4-9-14(10-13)12-7-5-11(2)6-8-12/h4-8H,1,9H2,2H3. The highest BCUT2D eigenvalue weighted by atomic mass is 15.1. The fourth-order valence-electron chi connectivity index (χ4n) is 1.08. The second kappa shape index (κ2) is 4.91. The van der Waals surface area contributed by atoms with Crippen LogP contribution >= 0.6 is 0 Å². The van der Waals surface area contributed by atoms with Gasteiger partial charge in [-0.25, -0.2) is 0 Å². The van der Waals surface area contributed by atoms with E-state index in [9.17, 15) is 0 Å². The minimum Gasteiger partial charge on any atom is -0.275 e. The zero-order valence-corrected chi connectivity index (χ0v) is 8.20. The zero-order chi connectivity index (χ0) is 10.4. The number of anilines is 1. The van der Waals surface area contributed by atoms with E-state index in [1.165, 1.54) is 5.56 Å². The van der Waals surface area contributed by atoms with Gasteiger partial charge in [-0.2, -0.15) is 5.26 Å². The maximum absolute atomic E-state index is 8.88. The summed E-state index contributed by atoms with van der Waals surface area (Å²) in [6.07, 6.45) is 3.83. The Morgan fingerprint density at radius 1 is 1.43 bits per heavy atom. The monoisotopic (exact) mass is 184 g/mol. The van der Waals surface area contributed by atoms with Crippen molar-refractivity contribution in [3.8, 4) is 6.19 Å². The van der Waals surface area contributed by atoms with Gasteiger partial charge in [-0.1, -0.05) is 24.3 Å². The van der Waals surface area contributed by atoms with Gasteiger partial charge in [-0.3, -0.25) is 4.90 Å². The molecule has 0 unspecified atom stereocenters. The summed E-state index contributed by atoms with van der Waals surface area (Å²) in [5.41, 5.74) is 4.73. The lowest BCUT2D eigenvalue weighted by Gasteiger charge is -2.12. The first kappa shape index (κ1) is 10.1. The first-order valence-corrected chi connectivity index (χ1v) is 4.36. The van der Waals surface area contributed by atoms with E-state index in [-0.39, 0.29) is 0 Å². The van der Waals surface area contributed by atoms with Crippen molar-refractivity contribution >= 4 is 5.69 Å². The number of benzene rings is 1. The van der Waals surface area contributed by atoms with Gasteiger partial charge in [0.25, 0.3) is 0 Å². The highest BCUT2D eigenvalue weighted by Crippen LogP contribution is 2.13. The molecule has 1 aromatic rings. The summed E-state index contributed by atoms with van der Waals surface area (Å²) in [6.45, 7) is 5.99. The molecular formula is C12H12N2. The SMILES string of the molecule is C=C=CCN(C#N)c1ccc(C)cc1. The van der Waals surface area contributed by atoms with Gasteiger partial charge in [0.15, 0.2) is 6.19 Å². The highest BCUT2D eigenvalue weighted by Gasteiger charge is 2.01. The molecule has 0 N–H and O–H groups in total. The maximum atomic E-state index is 8.88. The molecule has 14 heavy (non-hydrogen) atoms. The minimum atomic E-state index is 0.517. The average Bonchev–Trinajstić information content (AvgIpc) is 2.21. The van der Waals surface area contributed by atoms with Crippen molar-refractivity contribution in [2.75, 3.05) is 11.4 Å². The summed E-state index contributed by atoms with van der Waals surface area (Å²) in [7, 11) is 0. The molecule has 0 radical (unpaired) electrons. The van der Waals surface area contributed by atoms with Gasteiger partial charge >= 0.3 is 0 Å². The summed E-state index contributed by atoms with van der Waals surface area (Å²) < 4.78 is 0. The summed E-state index contributed by atoms with van der Waals surface area (Å²) >= 11 is 0. The van der Waals surface area contributed by atoms with Crippen molar-refractivity contribution in [2.45, 2.75) is 6.92 Å². The molecule has 0 saturated heterocycles.